The summed E-state index contributed by atoms with van der Waals surface area (Å²) in [7, 11) is 0.831. The molecule has 1 aromatic carbocycles. The van der Waals surface area contributed by atoms with Crippen LogP contribution in [-0.2, 0) is 16.1 Å². The topological polar surface area (TPSA) is 98.7 Å². The van der Waals surface area contributed by atoms with Crippen molar-refractivity contribution in [3.63, 3.8) is 0 Å². The van der Waals surface area contributed by atoms with Gasteiger partial charge in [0.2, 0.25) is 0 Å². The quantitative estimate of drug-likeness (QED) is 0.331. The fourth-order valence-corrected chi connectivity index (χ4v) is 2.59. The van der Waals surface area contributed by atoms with E-state index in [9.17, 15) is 0 Å². The van der Waals surface area contributed by atoms with Crippen LogP contribution in [0.2, 0.25) is 11.3 Å². The Morgan fingerprint density at radius 3 is 2.28 bits per heavy atom. The van der Waals surface area contributed by atoms with Gasteiger partial charge in [-0.1, -0.05) is 36.6 Å². The summed E-state index contributed by atoms with van der Waals surface area (Å²) in [5.74, 6) is 0. The second-order valence-corrected chi connectivity index (χ2v) is 6.22. The van der Waals surface area contributed by atoms with Crippen LogP contribution in [0.1, 0.15) is 37.7 Å². The third kappa shape index (κ3) is 14.8. The van der Waals surface area contributed by atoms with Crippen molar-refractivity contribution in [2.75, 3.05) is 13.6 Å². The Morgan fingerprint density at radius 1 is 1.12 bits per heavy atom. The molecule has 0 radical (unpaired) electrons. The number of hydrogen-bond acceptors (Lipinski definition) is 6. The van der Waals surface area contributed by atoms with Crippen LogP contribution in [0, 0.1) is 0 Å². The van der Waals surface area contributed by atoms with E-state index in [1.54, 1.807) is 0 Å². The van der Waals surface area contributed by atoms with E-state index in [1.165, 1.54) is 5.56 Å². The Balaban J connectivity index is 0.00000178. The van der Waals surface area contributed by atoms with Crippen molar-refractivity contribution >= 4 is 24.9 Å². The maximum absolute atomic E-state index is 8.81. The summed E-state index contributed by atoms with van der Waals surface area (Å²) < 4.78 is 0. The summed E-state index contributed by atoms with van der Waals surface area (Å²) in [5, 5.41) is 25.2. The molecule has 6 nitrogen and oxygen atoms in total. The standard InChI is InChI=1S/C16H28BClN2O2.CO2/c1-19-16(5-2-3-11-17(21)22)6-4-12-20-13-14-7-9-15(18)10-8-14;2-1-3/h7-10,16,19-22H,2-6,11-13H2,1H3;. The zero-order chi connectivity index (χ0) is 18.9. The number of hydrogen-bond donors (Lipinski definition) is 4. The van der Waals surface area contributed by atoms with Gasteiger partial charge in [-0.2, -0.15) is 9.59 Å². The molecule has 0 aliphatic carbocycles. The van der Waals surface area contributed by atoms with Crippen LogP contribution in [0.5, 0.6) is 0 Å². The number of halogens is 1. The van der Waals surface area contributed by atoms with Crippen molar-refractivity contribution in [1.82, 2.24) is 10.6 Å². The Hall–Kier alpha value is -1.21. The van der Waals surface area contributed by atoms with Gasteiger partial charge in [-0.3, -0.25) is 0 Å². The van der Waals surface area contributed by atoms with Gasteiger partial charge in [-0.05, 0) is 56.9 Å². The fourth-order valence-electron chi connectivity index (χ4n) is 2.46. The Morgan fingerprint density at radius 2 is 1.72 bits per heavy atom. The van der Waals surface area contributed by atoms with Crippen LogP contribution in [0.15, 0.2) is 24.3 Å². The molecule has 140 valence electrons. The number of carbonyl (C=O) groups excluding carboxylic acids is 2. The van der Waals surface area contributed by atoms with Crippen molar-refractivity contribution in [1.29, 1.82) is 0 Å². The van der Waals surface area contributed by atoms with Crippen LogP contribution in [-0.4, -0.2) is 43.0 Å². The molecule has 0 fully saturated rings. The minimum absolute atomic E-state index is 0.250. The summed E-state index contributed by atoms with van der Waals surface area (Å²) in [6.07, 6.45) is 5.96. The molecule has 1 unspecified atom stereocenters. The van der Waals surface area contributed by atoms with Crippen LogP contribution in [0.4, 0.5) is 0 Å². The van der Waals surface area contributed by atoms with E-state index in [1.807, 2.05) is 31.3 Å². The predicted octanol–water partition coefficient (Wildman–Crippen LogP) is 1.86. The lowest BCUT2D eigenvalue weighted by Crippen LogP contribution is -2.26. The van der Waals surface area contributed by atoms with Crippen LogP contribution in [0.3, 0.4) is 0 Å². The average molecular weight is 371 g/mol. The predicted molar refractivity (Wildman–Crippen MR) is 99.1 cm³/mol. The molecule has 4 N–H and O–H groups in total. The minimum atomic E-state index is -1.16. The van der Waals surface area contributed by atoms with Gasteiger partial charge in [0.25, 0.3) is 0 Å². The molecular weight excluding hydrogens is 342 g/mol. The second kappa shape index (κ2) is 16.3. The highest BCUT2D eigenvalue weighted by Crippen LogP contribution is 2.10. The van der Waals surface area contributed by atoms with E-state index in [4.69, 9.17) is 31.2 Å². The van der Waals surface area contributed by atoms with E-state index >= 15 is 0 Å². The van der Waals surface area contributed by atoms with Crippen molar-refractivity contribution in [3.8, 4) is 0 Å². The third-order valence-electron chi connectivity index (χ3n) is 3.82. The summed E-state index contributed by atoms with van der Waals surface area (Å²) in [5.41, 5.74) is 1.25. The fraction of sp³-hybridized carbons (Fsp3) is 0.588. The summed E-state index contributed by atoms with van der Waals surface area (Å²) in [6.45, 7) is 1.87. The maximum atomic E-state index is 8.81. The summed E-state index contributed by atoms with van der Waals surface area (Å²) in [4.78, 5) is 16.2. The van der Waals surface area contributed by atoms with E-state index < -0.39 is 7.12 Å². The van der Waals surface area contributed by atoms with Crippen molar-refractivity contribution in [3.05, 3.63) is 34.9 Å². The van der Waals surface area contributed by atoms with E-state index in [0.29, 0.717) is 12.4 Å². The molecule has 8 heteroatoms. The van der Waals surface area contributed by atoms with Crippen molar-refractivity contribution in [2.45, 2.75) is 51.0 Å². The molecule has 0 aliphatic rings. The maximum Gasteiger partial charge on any atom is 0.451 e. The number of unbranched alkanes of at least 4 members (excludes halogenated alkanes) is 1. The molecule has 1 atom stereocenters. The van der Waals surface area contributed by atoms with Gasteiger partial charge in [0.15, 0.2) is 0 Å². The Labute approximate surface area is 155 Å². The second-order valence-electron chi connectivity index (χ2n) is 5.78. The molecule has 1 aromatic rings. The number of benzene rings is 1. The van der Waals surface area contributed by atoms with Gasteiger partial charge in [0, 0.05) is 17.6 Å². The first kappa shape index (κ1) is 23.8. The van der Waals surface area contributed by atoms with Gasteiger partial charge in [-0.25, -0.2) is 0 Å². The molecule has 0 amide bonds. The molecule has 1 rings (SSSR count). The minimum Gasteiger partial charge on any atom is -0.427 e. The molecule has 0 bridgehead atoms. The highest BCUT2D eigenvalue weighted by Gasteiger charge is 2.08. The van der Waals surface area contributed by atoms with Gasteiger partial charge in [0.1, 0.15) is 0 Å². The summed E-state index contributed by atoms with van der Waals surface area (Å²) in [6, 6.07) is 8.42. The lowest BCUT2D eigenvalue weighted by atomic mass is 9.83. The monoisotopic (exact) mass is 370 g/mol. The largest absolute Gasteiger partial charge is 0.451 e. The molecule has 25 heavy (non-hydrogen) atoms. The van der Waals surface area contributed by atoms with Crippen LogP contribution >= 0.6 is 11.6 Å². The smallest absolute Gasteiger partial charge is 0.427 e. The molecular formula is C17H28BClN2O4. The normalized spacial score (nSPS) is 11.2. The van der Waals surface area contributed by atoms with Gasteiger partial charge in [0.05, 0.1) is 0 Å². The Bertz CT molecular complexity index is 468. The third-order valence-corrected chi connectivity index (χ3v) is 4.07. The first-order chi connectivity index (χ1) is 12.0. The zero-order valence-electron chi connectivity index (χ0n) is 14.7. The highest BCUT2D eigenvalue weighted by atomic mass is 35.5. The summed E-state index contributed by atoms with van der Waals surface area (Å²) >= 11 is 5.86. The van der Waals surface area contributed by atoms with E-state index in [2.05, 4.69) is 10.6 Å². The van der Waals surface area contributed by atoms with Crippen LogP contribution < -0.4 is 10.6 Å². The average Bonchev–Trinajstić information content (AvgIpc) is 2.58. The molecule has 0 aromatic heterocycles. The first-order valence-corrected chi connectivity index (χ1v) is 8.89. The first-order valence-electron chi connectivity index (χ1n) is 8.51. The van der Waals surface area contributed by atoms with Gasteiger partial charge >= 0.3 is 13.3 Å². The van der Waals surface area contributed by atoms with Gasteiger partial charge < -0.3 is 20.7 Å². The van der Waals surface area contributed by atoms with Crippen molar-refractivity contribution in [2.24, 2.45) is 0 Å². The molecule has 0 spiro atoms. The highest BCUT2D eigenvalue weighted by molar-refractivity contribution is 6.40. The zero-order valence-corrected chi connectivity index (χ0v) is 15.5. The van der Waals surface area contributed by atoms with E-state index in [0.717, 1.165) is 50.2 Å². The van der Waals surface area contributed by atoms with Crippen molar-refractivity contribution < 1.29 is 19.6 Å². The lowest BCUT2D eigenvalue weighted by molar-refractivity contribution is -0.191. The molecule has 0 saturated carbocycles. The van der Waals surface area contributed by atoms with Gasteiger partial charge in [-0.15, -0.1) is 0 Å². The lowest BCUT2D eigenvalue weighted by Gasteiger charge is -2.16. The number of rotatable bonds is 12. The number of nitrogens with one attached hydrogen (secondary N) is 2. The SMILES string of the molecule is CNC(CCCCB(O)O)CCCNCc1ccc(Cl)cc1.O=C=O. The molecule has 0 saturated heterocycles. The van der Waals surface area contributed by atoms with E-state index in [-0.39, 0.29) is 6.15 Å². The molecule has 0 heterocycles. The van der Waals surface area contributed by atoms with Crippen LogP contribution in [0.25, 0.3) is 0 Å². The molecule has 0 aliphatic heterocycles. The Kier molecular flexibility index (Phi) is 15.5.